The van der Waals surface area contributed by atoms with E-state index < -0.39 is 0 Å². The van der Waals surface area contributed by atoms with Gasteiger partial charge in [-0.3, -0.25) is 4.79 Å². The minimum absolute atomic E-state index is 0.289. The summed E-state index contributed by atoms with van der Waals surface area (Å²) >= 11 is 0. The molecule has 2 unspecified atom stereocenters. The molecule has 1 aromatic rings. The van der Waals surface area contributed by atoms with Gasteiger partial charge in [-0.2, -0.15) is 0 Å². The van der Waals surface area contributed by atoms with Crippen molar-refractivity contribution in [2.24, 2.45) is 11.8 Å². The highest BCUT2D eigenvalue weighted by atomic mass is 16.2. The zero-order chi connectivity index (χ0) is 12.0. The number of hydrogen-bond acceptors (Lipinski definition) is 2. The van der Waals surface area contributed by atoms with E-state index in [-0.39, 0.29) is 5.92 Å². The summed E-state index contributed by atoms with van der Waals surface area (Å²) in [7, 11) is 0. The summed E-state index contributed by atoms with van der Waals surface area (Å²) < 4.78 is 0. The second-order valence-corrected chi connectivity index (χ2v) is 5.36. The number of carbonyl (C=O) groups is 1. The van der Waals surface area contributed by atoms with E-state index in [9.17, 15) is 4.79 Å². The summed E-state index contributed by atoms with van der Waals surface area (Å²) in [6.45, 7) is 3.75. The maximum Gasteiger partial charge on any atom is 0.226 e. The number of hydrogen-bond donors (Lipinski definition) is 1. The molecule has 0 bridgehead atoms. The van der Waals surface area contributed by atoms with Crippen LogP contribution in [0.5, 0.6) is 0 Å². The second kappa shape index (κ2) is 3.76. The third kappa shape index (κ3) is 1.90. The molecule has 90 valence electrons. The van der Waals surface area contributed by atoms with Crippen molar-refractivity contribution >= 4 is 11.6 Å². The van der Waals surface area contributed by atoms with E-state index in [1.807, 2.05) is 17.0 Å². The van der Waals surface area contributed by atoms with Crippen molar-refractivity contribution in [1.29, 1.82) is 0 Å². The van der Waals surface area contributed by atoms with E-state index >= 15 is 0 Å². The molecule has 1 aliphatic heterocycles. The Labute approximate surface area is 102 Å². The molecule has 2 atom stereocenters. The molecule has 1 aliphatic carbocycles. The fraction of sp³-hybridized carbons (Fsp3) is 0.500. The van der Waals surface area contributed by atoms with Crippen molar-refractivity contribution in [2.75, 3.05) is 12.3 Å². The number of nitrogens with two attached hydrogens (primary N) is 1. The highest BCUT2D eigenvalue weighted by molar-refractivity contribution is 5.81. The van der Waals surface area contributed by atoms with Crippen LogP contribution in [0.1, 0.15) is 24.5 Å². The summed E-state index contributed by atoms with van der Waals surface area (Å²) in [6, 6.07) is 6.04. The first kappa shape index (κ1) is 10.6. The first-order chi connectivity index (χ1) is 8.15. The van der Waals surface area contributed by atoms with Gasteiger partial charge >= 0.3 is 0 Å². The van der Waals surface area contributed by atoms with Crippen LogP contribution in [0.15, 0.2) is 18.2 Å². The first-order valence-corrected chi connectivity index (χ1v) is 6.31. The van der Waals surface area contributed by atoms with Crippen molar-refractivity contribution in [1.82, 2.24) is 4.90 Å². The molecule has 1 fully saturated rings. The lowest BCUT2D eigenvalue weighted by Gasteiger charge is -2.29. The van der Waals surface area contributed by atoms with Gasteiger partial charge in [-0.05, 0) is 42.0 Å². The highest BCUT2D eigenvalue weighted by Gasteiger charge is 2.41. The van der Waals surface area contributed by atoms with Gasteiger partial charge in [0.1, 0.15) is 0 Å². The van der Waals surface area contributed by atoms with Crippen molar-refractivity contribution in [3.8, 4) is 0 Å². The SMILES string of the molecule is CC1CC1C(=O)N1CCc2ccc(N)cc2C1. The summed E-state index contributed by atoms with van der Waals surface area (Å²) in [5.74, 6) is 1.22. The van der Waals surface area contributed by atoms with Crippen LogP contribution in [-0.4, -0.2) is 17.4 Å². The smallest absolute Gasteiger partial charge is 0.226 e. The molecule has 1 aromatic carbocycles. The van der Waals surface area contributed by atoms with E-state index in [2.05, 4.69) is 13.0 Å². The number of carbonyl (C=O) groups excluding carboxylic acids is 1. The highest BCUT2D eigenvalue weighted by Crippen LogP contribution is 2.40. The van der Waals surface area contributed by atoms with E-state index in [0.29, 0.717) is 11.8 Å². The third-order valence-electron chi connectivity index (χ3n) is 3.98. The third-order valence-corrected chi connectivity index (χ3v) is 3.98. The van der Waals surface area contributed by atoms with Gasteiger partial charge in [0.05, 0.1) is 0 Å². The van der Waals surface area contributed by atoms with Gasteiger partial charge in [-0.25, -0.2) is 0 Å². The fourth-order valence-electron chi connectivity index (χ4n) is 2.67. The lowest BCUT2D eigenvalue weighted by atomic mass is 9.99. The van der Waals surface area contributed by atoms with E-state index in [1.165, 1.54) is 11.1 Å². The normalized spacial score (nSPS) is 26.5. The molecule has 3 nitrogen and oxygen atoms in total. The summed E-state index contributed by atoms with van der Waals surface area (Å²) in [4.78, 5) is 14.2. The second-order valence-electron chi connectivity index (χ2n) is 5.36. The van der Waals surface area contributed by atoms with Crippen molar-refractivity contribution in [2.45, 2.75) is 26.3 Å². The molecule has 17 heavy (non-hydrogen) atoms. The standard InChI is InChI=1S/C14H18N2O/c1-9-6-13(9)14(17)16-5-4-10-2-3-12(15)7-11(10)8-16/h2-3,7,9,13H,4-6,8,15H2,1H3. The maximum atomic E-state index is 12.2. The molecule has 0 saturated heterocycles. The topological polar surface area (TPSA) is 46.3 Å². The molecular formula is C14H18N2O. The zero-order valence-corrected chi connectivity index (χ0v) is 10.1. The van der Waals surface area contributed by atoms with Gasteiger partial charge in [0.25, 0.3) is 0 Å². The van der Waals surface area contributed by atoms with Crippen LogP contribution >= 0.6 is 0 Å². The molecule has 0 radical (unpaired) electrons. The summed E-state index contributed by atoms with van der Waals surface area (Å²) in [5.41, 5.74) is 9.14. The Kier molecular flexibility index (Phi) is 2.35. The number of fused-ring (bicyclic) bond motifs is 1. The lowest BCUT2D eigenvalue weighted by Crippen LogP contribution is -2.37. The van der Waals surface area contributed by atoms with Crippen LogP contribution in [-0.2, 0) is 17.8 Å². The van der Waals surface area contributed by atoms with Crippen molar-refractivity contribution < 1.29 is 4.79 Å². The maximum absolute atomic E-state index is 12.2. The van der Waals surface area contributed by atoms with Gasteiger partial charge in [0.15, 0.2) is 0 Å². The van der Waals surface area contributed by atoms with Crippen LogP contribution in [0.2, 0.25) is 0 Å². The van der Waals surface area contributed by atoms with Crippen LogP contribution in [0.4, 0.5) is 5.69 Å². The zero-order valence-electron chi connectivity index (χ0n) is 10.1. The number of anilines is 1. The van der Waals surface area contributed by atoms with Crippen molar-refractivity contribution in [3.63, 3.8) is 0 Å². The Morgan fingerprint density at radius 1 is 1.41 bits per heavy atom. The molecule has 0 spiro atoms. The van der Waals surface area contributed by atoms with Gasteiger partial charge < -0.3 is 10.6 Å². The molecule has 1 amide bonds. The average molecular weight is 230 g/mol. The van der Waals surface area contributed by atoms with E-state index in [0.717, 1.165) is 31.6 Å². The Balaban J connectivity index is 1.78. The Hall–Kier alpha value is -1.51. The number of nitrogens with zero attached hydrogens (tertiary/aromatic N) is 1. The Morgan fingerprint density at radius 3 is 2.88 bits per heavy atom. The summed E-state index contributed by atoms with van der Waals surface area (Å²) in [5, 5.41) is 0. The molecule has 2 aliphatic rings. The van der Waals surface area contributed by atoms with Crippen LogP contribution in [0.3, 0.4) is 0 Å². The monoisotopic (exact) mass is 230 g/mol. The molecule has 1 heterocycles. The Morgan fingerprint density at radius 2 is 2.18 bits per heavy atom. The molecule has 3 rings (SSSR count). The van der Waals surface area contributed by atoms with Gasteiger partial charge in [-0.1, -0.05) is 13.0 Å². The van der Waals surface area contributed by atoms with Crippen LogP contribution < -0.4 is 5.73 Å². The molecular weight excluding hydrogens is 212 g/mol. The first-order valence-electron chi connectivity index (χ1n) is 6.31. The number of amides is 1. The van der Waals surface area contributed by atoms with Gasteiger partial charge in [0, 0.05) is 24.7 Å². The number of nitrogen functional groups attached to an aromatic ring is 1. The van der Waals surface area contributed by atoms with Gasteiger partial charge in [0.2, 0.25) is 5.91 Å². The predicted molar refractivity (Wildman–Crippen MR) is 67.2 cm³/mol. The summed E-state index contributed by atoms with van der Waals surface area (Å²) in [6.07, 6.45) is 2.03. The quantitative estimate of drug-likeness (QED) is 0.748. The largest absolute Gasteiger partial charge is 0.399 e. The molecule has 1 saturated carbocycles. The minimum Gasteiger partial charge on any atom is -0.399 e. The van der Waals surface area contributed by atoms with E-state index in [4.69, 9.17) is 5.73 Å². The fourth-order valence-corrected chi connectivity index (χ4v) is 2.67. The van der Waals surface area contributed by atoms with Crippen molar-refractivity contribution in [3.05, 3.63) is 29.3 Å². The Bertz CT molecular complexity index is 469. The average Bonchev–Trinajstić information content (AvgIpc) is 3.04. The van der Waals surface area contributed by atoms with Crippen LogP contribution in [0, 0.1) is 11.8 Å². The van der Waals surface area contributed by atoms with E-state index in [1.54, 1.807) is 0 Å². The lowest BCUT2D eigenvalue weighted by molar-refractivity contribution is -0.133. The van der Waals surface area contributed by atoms with Gasteiger partial charge in [-0.15, -0.1) is 0 Å². The molecule has 0 aromatic heterocycles. The van der Waals surface area contributed by atoms with Crippen LogP contribution in [0.25, 0.3) is 0 Å². The number of rotatable bonds is 1. The molecule has 3 heteroatoms. The predicted octanol–water partition coefficient (Wildman–Crippen LogP) is 1.81. The minimum atomic E-state index is 0.289. The molecule has 2 N–H and O–H groups in total. The number of benzene rings is 1.